The van der Waals surface area contributed by atoms with Gasteiger partial charge in [0.25, 0.3) is 0 Å². The van der Waals surface area contributed by atoms with Crippen molar-refractivity contribution in [2.24, 2.45) is 0 Å². The van der Waals surface area contributed by atoms with E-state index in [2.05, 4.69) is 77.4 Å². The van der Waals surface area contributed by atoms with Crippen LogP contribution in [-0.2, 0) is 0 Å². The van der Waals surface area contributed by atoms with Crippen LogP contribution in [0.25, 0.3) is 69.7 Å². The number of hydrogen-bond acceptors (Lipinski definition) is 3. The van der Waals surface area contributed by atoms with Crippen molar-refractivity contribution in [1.82, 2.24) is 9.55 Å². The molecule has 0 radical (unpaired) electrons. The Morgan fingerprint density at radius 1 is 0.636 bits per heavy atom. The number of hydrogen-bond donors (Lipinski definition) is 0. The number of benzene rings is 4. The summed E-state index contributed by atoms with van der Waals surface area (Å²) < 4.78 is 11.3. The minimum absolute atomic E-state index is 0.901. The van der Waals surface area contributed by atoms with Crippen LogP contribution in [0.2, 0.25) is 0 Å². The second-order valence-corrected chi connectivity index (χ2v) is 9.51. The maximum Gasteiger partial charge on any atom is 0.159 e. The van der Waals surface area contributed by atoms with Gasteiger partial charge in [-0.15, -0.1) is 11.3 Å². The first-order chi connectivity index (χ1) is 16.4. The summed E-state index contributed by atoms with van der Waals surface area (Å²) in [6.45, 7) is 0. The molecule has 8 rings (SSSR count). The molecular formula is C29H16N2OS. The van der Waals surface area contributed by atoms with Crippen LogP contribution in [0, 0.1) is 0 Å². The molecular weight excluding hydrogens is 424 g/mol. The highest BCUT2D eigenvalue weighted by Crippen LogP contribution is 2.41. The van der Waals surface area contributed by atoms with E-state index in [4.69, 9.17) is 9.40 Å². The van der Waals surface area contributed by atoms with E-state index >= 15 is 0 Å². The predicted octanol–water partition coefficient (Wildman–Crippen LogP) is 8.45. The summed E-state index contributed by atoms with van der Waals surface area (Å²) >= 11 is 1.84. The van der Waals surface area contributed by atoms with Gasteiger partial charge in [-0.3, -0.25) is 4.98 Å². The first-order valence-corrected chi connectivity index (χ1v) is 11.8. The van der Waals surface area contributed by atoms with Gasteiger partial charge >= 0.3 is 0 Å². The van der Waals surface area contributed by atoms with Crippen molar-refractivity contribution in [2.45, 2.75) is 0 Å². The Bertz CT molecular complexity index is 2040. The third-order valence-electron chi connectivity index (χ3n) is 6.64. The fourth-order valence-electron chi connectivity index (χ4n) is 5.22. The molecule has 3 nitrogen and oxygen atoms in total. The second-order valence-electron chi connectivity index (χ2n) is 8.42. The van der Waals surface area contributed by atoms with E-state index in [0.29, 0.717) is 0 Å². The van der Waals surface area contributed by atoms with Crippen LogP contribution in [0.15, 0.2) is 102 Å². The maximum atomic E-state index is 6.40. The van der Waals surface area contributed by atoms with Gasteiger partial charge in [0.1, 0.15) is 5.58 Å². The Morgan fingerprint density at radius 3 is 2.45 bits per heavy atom. The quantitative estimate of drug-likeness (QED) is 0.256. The lowest BCUT2D eigenvalue weighted by atomic mass is 10.1. The summed E-state index contributed by atoms with van der Waals surface area (Å²) in [4.78, 5) is 4.80. The van der Waals surface area contributed by atoms with E-state index in [-0.39, 0.29) is 0 Å². The summed E-state index contributed by atoms with van der Waals surface area (Å²) in [6.07, 6.45) is 1.88. The molecule has 0 saturated carbocycles. The van der Waals surface area contributed by atoms with Gasteiger partial charge in [0.15, 0.2) is 5.58 Å². The lowest BCUT2D eigenvalue weighted by Gasteiger charge is -2.08. The standard InChI is InChI=1S/C29H16N2OS/c1-3-12-25-17(7-1)19-9-5-10-23(29(19)32-25)31-22-11-6-14-30-28(22)21-15-20-18-8-2-4-13-26(18)33-27(20)16-24(21)31/h1-16H. The van der Waals surface area contributed by atoms with Crippen molar-refractivity contribution in [1.29, 1.82) is 0 Å². The molecule has 0 amide bonds. The summed E-state index contributed by atoms with van der Waals surface area (Å²) in [5.41, 5.74) is 6.09. The van der Waals surface area contributed by atoms with Crippen molar-refractivity contribution in [3.05, 3.63) is 97.2 Å². The zero-order valence-corrected chi connectivity index (χ0v) is 18.3. The average molecular weight is 441 g/mol. The summed E-state index contributed by atoms with van der Waals surface area (Å²) in [7, 11) is 0. The molecule has 0 spiro atoms. The van der Waals surface area contributed by atoms with Crippen LogP contribution in [0.4, 0.5) is 0 Å². The van der Waals surface area contributed by atoms with E-state index in [0.717, 1.165) is 49.6 Å². The summed E-state index contributed by atoms with van der Waals surface area (Å²) in [6, 6.07) is 32.1. The number of aromatic nitrogens is 2. The van der Waals surface area contributed by atoms with E-state index < -0.39 is 0 Å². The van der Waals surface area contributed by atoms with Crippen LogP contribution in [0.5, 0.6) is 0 Å². The fraction of sp³-hybridized carbons (Fsp3) is 0. The van der Waals surface area contributed by atoms with Crippen LogP contribution in [0.1, 0.15) is 0 Å². The van der Waals surface area contributed by atoms with Crippen molar-refractivity contribution in [2.75, 3.05) is 0 Å². The first kappa shape index (κ1) is 17.4. The van der Waals surface area contributed by atoms with Gasteiger partial charge in [-0.1, -0.05) is 48.5 Å². The molecule has 0 bridgehead atoms. The number of nitrogens with zero attached hydrogens (tertiary/aromatic N) is 2. The van der Waals surface area contributed by atoms with Crippen LogP contribution >= 0.6 is 11.3 Å². The molecule has 154 valence electrons. The van der Waals surface area contributed by atoms with Gasteiger partial charge < -0.3 is 8.98 Å². The average Bonchev–Trinajstić information content (AvgIpc) is 3.52. The Balaban J connectivity index is 1.57. The van der Waals surface area contributed by atoms with Crippen LogP contribution in [0.3, 0.4) is 0 Å². The minimum Gasteiger partial charge on any atom is -0.454 e. The maximum absolute atomic E-state index is 6.40. The molecule has 0 unspecified atom stereocenters. The molecule has 4 heterocycles. The highest BCUT2D eigenvalue weighted by Gasteiger charge is 2.19. The molecule has 0 aliphatic carbocycles. The summed E-state index contributed by atoms with van der Waals surface area (Å²) in [5, 5.41) is 6.02. The smallest absolute Gasteiger partial charge is 0.159 e. The second kappa shape index (κ2) is 6.21. The van der Waals surface area contributed by atoms with E-state index in [1.807, 2.05) is 35.7 Å². The molecule has 33 heavy (non-hydrogen) atoms. The highest BCUT2D eigenvalue weighted by molar-refractivity contribution is 7.25. The Labute approximate surface area is 192 Å². The SMILES string of the molecule is c1ccc2c(c1)oc1c(-n3c4cc5sc6ccccc6c5cc4c4ncccc43)cccc12. The number of fused-ring (bicyclic) bond motifs is 9. The Hall–Kier alpha value is -4.15. The molecule has 0 N–H and O–H groups in total. The van der Waals surface area contributed by atoms with Crippen molar-refractivity contribution in [3.63, 3.8) is 0 Å². The van der Waals surface area contributed by atoms with E-state index in [1.165, 1.54) is 20.2 Å². The number of rotatable bonds is 1. The molecule has 0 aliphatic rings. The third kappa shape index (κ3) is 2.25. The van der Waals surface area contributed by atoms with E-state index in [9.17, 15) is 0 Å². The molecule has 0 atom stereocenters. The van der Waals surface area contributed by atoms with E-state index in [1.54, 1.807) is 0 Å². The zero-order chi connectivity index (χ0) is 21.5. The Kier molecular flexibility index (Phi) is 3.28. The van der Waals surface area contributed by atoms with Crippen LogP contribution in [-0.4, -0.2) is 9.55 Å². The van der Waals surface area contributed by atoms with Crippen LogP contribution < -0.4 is 0 Å². The van der Waals surface area contributed by atoms with Gasteiger partial charge in [-0.05, 0) is 42.5 Å². The molecule has 0 aliphatic heterocycles. The molecule has 0 fully saturated rings. The third-order valence-corrected chi connectivity index (χ3v) is 7.78. The number of para-hydroxylation sites is 2. The van der Waals surface area contributed by atoms with Gasteiger partial charge in [0.05, 0.1) is 22.2 Å². The lowest BCUT2D eigenvalue weighted by Crippen LogP contribution is -1.94. The minimum atomic E-state index is 0.901. The topological polar surface area (TPSA) is 31.0 Å². The molecule has 4 aromatic heterocycles. The molecule has 8 aromatic rings. The van der Waals surface area contributed by atoms with Gasteiger partial charge in [0.2, 0.25) is 0 Å². The zero-order valence-electron chi connectivity index (χ0n) is 17.4. The normalized spacial score (nSPS) is 12.2. The van der Waals surface area contributed by atoms with Gasteiger partial charge in [-0.2, -0.15) is 0 Å². The predicted molar refractivity (Wildman–Crippen MR) is 139 cm³/mol. The number of furan rings is 1. The first-order valence-electron chi connectivity index (χ1n) is 11.0. The monoisotopic (exact) mass is 440 g/mol. The largest absolute Gasteiger partial charge is 0.454 e. The summed E-state index contributed by atoms with van der Waals surface area (Å²) in [5.74, 6) is 0. The van der Waals surface area contributed by atoms with Gasteiger partial charge in [0, 0.05) is 42.5 Å². The number of pyridine rings is 1. The van der Waals surface area contributed by atoms with Crippen molar-refractivity contribution >= 4 is 75.4 Å². The van der Waals surface area contributed by atoms with Gasteiger partial charge in [-0.25, -0.2) is 0 Å². The molecule has 4 heteroatoms. The molecule has 4 aromatic carbocycles. The molecule has 0 saturated heterocycles. The number of thiophene rings is 1. The van der Waals surface area contributed by atoms with Crippen molar-refractivity contribution in [3.8, 4) is 5.69 Å². The lowest BCUT2D eigenvalue weighted by molar-refractivity contribution is 0.666. The fourth-order valence-corrected chi connectivity index (χ4v) is 6.34. The Morgan fingerprint density at radius 2 is 1.48 bits per heavy atom. The highest BCUT2D eigenvalue weighted by atomic mass is 32.1. The van der Waals surface area contributed by atoms with Crippen molar-refractivity contribution < 1.29 is 4.42 Å².